The molecule has 2 N–H and O–H groups in total. The summed E-state index contributed by atoms with van der Waals surface area (Å²) >= 11 is 0. The van der Waals surface area contributed by atoms with E-state index in [-0.39, 0.29) is 0 Å². The van der Waals surface area contributed by atoms with Crippen molar-refractivity contribution >= 4 is 17.8 Å². The molecular formula is C8H9NO5. The van der Waals surface area contributed by atoms with Gasteiger partial charge < -0.3 is 10.2 Å². The minimum absolute atomic E-state index is 0.458. The van der Waals surface area contributed by atoms with Crippen LogP contribution in [-0.4, -0.2) is 45.0 Å². The summed E-state index contributed by atoms with van der Waals surface area (Å²) < 4.78 is 0. The summed E-state index contributed by atoms with van der Waals surface area (Å²) in [4.78, 5) is 33.9. The highest BCUT2D eigenvalue weighted by Gasteiger charge is 2.57. The van der Waals surface area contributed by atoms with Crippen molar-refractivity contribution in [3.63, 3.8) is 0 Å². The molecule has 2 bridgehead atoms. The molecule has 0 aliphatic carbocycles. The second-order valence-corrected chi connectivity index (χ2v) is 3.57. The van der Waals surface area contributed by atoms with E-state index < -0.39 is 35.8 Å². The third-order valence-electron chi connectivity index (χ3n) is 2.94. The van der Waals surface area contributed by atoms with E-state index in [1.54, 1.807) is 0 Å². The number of ketones is 1. The first kappa shape index (κ1) is 8.98. The van der Waals surface area contributed by atoms with Gasteiger partial charge in [-0.1, -0.05) is 0 Å². The molecule has 6 heteroatoms. The SMILES string of the molecule is O=C(O)C1C(=O)C2CCC1N2C(=O)O. The van der Waals surface area contributed by atoms with Crippen molar-refractivity contribution < 1.29 is 24.6 Å². The van der Waals surface area contributed by atoms with Crippen LogP contribution in [0.25, 0.3) is 0 Å². The number of fused-ring (bicyclic) bond motifs is 2. The van der Waals surface area contributed by atoms with Crippen LogP contribution in [-0.2, 0) is 9.59 Å². The Morgan fingerprint density at radius 2 is 1.93 bits per heavy atom. The van der Waals surface area contributed by atoms with Crippen LogP contribution in [0.3, 0.4) is 0 Å². The maximum absolute atomic E-state index is 11.4. The number of nitrogens with zero attached hydrogens (tertiary/aromatic N) is 1. The molecule has 0 aromatic carbocycles. The molecule has 0 saturated carbocycles. The van der Waals surface area contributed by atoms with Gasteiger partial charge in [0.25, 0.3) is 0 Å². The van der Waals surface area contributed by atoms with Gasteiger partial charge in [0, 0.05) is 0 Å². The van der Waals surface area contributed by atoms with Gasteiger partial charge in [-0.25, -0.2) is 4.79 Å². The molecule has 2 fully saturated rings. The third kappa shape index (κ3) is 0.934. The minimum Gasteiger partial charge on any atom is -0.481 e. The summed E-state index contributed by atoms with van der Waals surface area (Å²) in [6.45, 7) is 0. The molecule has 0 aromatic rings. The van der Waals surface area contributed by atoms with E-state index >= 15 is 0 Å². The van der Waals surface area contributed by atoms with E-state index in [4.69, 9.17) is 10.2 Å². The molecule has 6 nitrogen and oxygen atoms in total. The summed E-state index contributed by atoms with van der Waals surface area (Å²) in [7, 11) is 0. The Labute approximate surface area is 79.1 Å². The van der Waals surface area contributed by atoms with Crippen LogP contribution in [0.2, 0.25) is 0 Å². The molecular weight excluding hydrogens is 190 g/mol. The van der Waals surface area contributed by atoms with E-state index in [1.807, 2.05) is 0 Å². The van der Waals surface area contributed by atoms with Crippen molar-refractivity contribution in [2.75, 3.05) is 0 Å². The number of amides is 1. The molecule has 2 heterocycles. The lowest BCUT2D eigenvalue weighted by atomic mass is 9.88. The van der Waals surface area contributed by atoms with Crippen LogP contribution < -0.4 is 0 Å². The molecule has 0 spiro atoms. The lowest BCUT2D eigenvalue weighted by molar-refractivity contribution is -0.146. The number of Topliss-reactive ketones (excluding diaryl/α,β-unsaturated/α-hetero) is 1. The number of carbonyl (C=O) groups excluding carboxylic acids is 1. The zero-order valence-corrected chi connectivity index (χ0v) is 7.21. The Hall–Kier alpha value is -1.59. The predicted molar refractivity (Wildman–Crippen MR) is 42.8 cm³/mol. The van der Waals surface area contributed by atoms with E-state index in [0.29, 0.717) is 12.8 Å². The summed E-state index contributed by atoms with van der Waals surface area (Å²) in [6.07, 6.45) is -0.270. The smallest absolute Gasteiger partial charge is 0.408 e. The van der Waals surface area contributed by atoms with Gasteiger partial charge >= 0.3 is 12.1 Å². The first-order valence-corrected chi connectivity index (χ1v) is 4.32. The Morgan fingerprint density at radius 3 is 2.29 bits per heavy atom. The van der Waals surface area contributed by atoms with Crippen LogP contribution in [0.4, 0.5) is 4.79 Å². The molecule has 76 valence electrons. The minimum atomic E-state index is -1.21. The number of carboxylic acids is 1. The van der Waals surface area contributed by atoms with Gasteiger partial charge in [-0.3, -0.25) is 14.5 Å². The largest absolute Gasteiger partial charge is 0.481 e. The average Bonchev–Trinajstić information content (AvgIpc) is 2.57. The molecule has 1 amide bonds. The fourth-order valence-electron chi connectivity index (χ4n) is 2.40. The monoisotopic (exact) mass is 199 g/mol. The fourth-order valence-corrected chi connectivity index (χ4v) is 2.40. The fraction of sp³-hybridized carbons (Fsp3) is 0.625. The number of aliphatic carboxylic acids is 1. The number of hydrogen-bond acceptors (Lipinski definition) is 3. The number of carbonyl (C=O) groups is 3. The summed E-state index contributed by atoms with van der Waals surface area (Å²) in [6, 6.07) is -1.37. The number of carboxylic acid groups (broad SMARTS) is 2. The highest BCUT2D eigenvalue weighted by atomic mass is 16.4. The van der Waals surface area contributed by atoms with Gasteiger partial charge in [0.05, 0.1) is 12.1 Å². The second-order valence-electron chi connectivity index (χ2n) is 3.57. The number of rotatable bonds is 1. The Morgan fingerprint density at radius 1 is 1.29 bits per heavy atom. The molecule has 2 saturated heterocycles. The number of hydrogen-bond donors (Lipinski definition) is 2. The molecule has 0 aromatic heterocycles. The highest BCUT2D eigenvalue weighted by Crippen LogP contribution is 2.39. The Bertz CT molecular complexity index is 326. The first-order chi connectivity index (χ1) is 6.54. The van der Waals surface area contributed by atoms with Gasteiger partial charge in [0.15, 0.2) is 5.78 Å². The van der Waals surface area contributed by atoms with E-state index in [0.717, 1.165) is 4.90 Å². The van der Waals surface area contributed by atoms with Crippen molar-refractivity contribution in [2.45, 2.75) is 24.9 Å². The van der Waals surface area contributed by atoms with E-state index in [9.17, 15) is 14.4 Å². The normalized spacial score (nSPS) is 35.0. The van der Waals surface area contributed by atoms with Crippen LogP contribution in [0.1, 0.15) is 12.8 Å². The Balaban J connectivity index is 2.33. The molecule has 2 rings (SSSR count). The lowest BCUT2D eigenvalue weighted by Crippen LogP contribution is -2.36. The third-order valence-corrected chi connectivity index (χ3v) is 2.94. The van der Waals surface area contributed by atoms with Crippen molar-refractivity contribution in [1.82, 2.24) is 4.90 Å². The van der Waals surface area contributed by atoms with Crippen molar-refractivity contribution in [1.29, 1.82) is 0 Å². The van der Waals surface area contributed by atoms with Gasteiger partial charge in [0.2, 0.25) is 0 Å². The highest BCUT2D eigenvalue weighted by molar-refractivity contribution is 6.06. The average molecular weight is 199 g/mol. The van der Waals surface area contributed by atoms with E-state index in [1.165, 1.54) is 0 Å². The molecule has 14 heavy (non-hydrogen) atoms. The van der Waals surface area contributed by atoms with Crippen molar-refractivity contribution in [3.05, 3.63) is 0 Å². The molecule has 2 aliphatic rings. The van der Waals surface area contributed by atoms with Gasteiger partial charge in [-0.2, -0.15) is 0 Å². The van der Waals surface area contributed by atoms with Gasteiger partial charge in [0.1, 0.15) is 5.92 Å². The standard InChI is InChI=1S/C8H9NO5/c10-6-4-2-1-3(5(6)7(11)12)9(4)8(13)14/h3-5H,1-2H2,(H,11,12)(H,13,14). The molecule has 3 atom stereocenters. The Kier molecular flexibility index (Phi) is 1.73. The molecule has 2 aliphatic heterocycles. The quantitative estimate of drug-likeness (QED) is 0.569. The summed E-state index contributed by atoms with van der Waals surface area (Å²) in [5.41, 5.74) is 0. The van der Waals surface area contributed by atoms with Crippen LogP contribution >= 0.6 is 0 Å². The lowest BCUT2D eigenvalue weighted by Gasteiger charge is -2.17. The zero-order valence-electron chi connectivity index (χ0n) is 7.21. The van der Waals surface area contributed by atoms with Crippen molar-refractivity contribution in [2.24, 2.45) is 5.92 Å². The maximum Gasteiger partial charge on any atom is 0.408 e. The predicted octanol–water partition coefficient (Wildman–Crippen LogP) is -0.219. The van der Waals surface area contributed by atoms with Gasteiger partial charge in [-0.05, 0) is 12.8 Å². The van der Waals surface area contributed by atoms with E-state index in [2.05, 4.69) is 0 Å². The summed E-state index contributed by atoms with van der Waals surface area (Å²) in [5.74, 6) is -2.82. The second kappa shape index (κ2) is 2.70. The maximum atomic E-state index is 11.4. The van der Waals surface area contributed by atoms with Crippen LogP contribution in [0.15, 0.2) is 0 Å². The van der Waals surface area contributed by atoms with Crippen molar-refractivity contribution in [3.8, 4) is 0 Å². The zero-order chi connectivity index (χ0) is 10.5. The molecule has 0 radical (unpaired) electrons. The summed E-state index contributed by atoms with van der Waals surface area (Å²) in [5, 5.41) is 17.6. The topological polar surface area (TPSA) is 94.9 Å². The van der Waals surface area contributed by atoms with Crippen LogP contribution in [0, 0.1) is 5.92 Å². The molecule has 3 unspecified atom stereocenters. The van der Waals surface area contributed by atoms with Gasteiger partial charge in [-0.15, -0.1) is 0 Å². The first-order valence-electron chi connectivity index (χ1n) is 4.32. The van der Waals surface area contributed by atoms with Crippen LogP contribution in [0.5, 0.6) is 0 Å².